The zero-order valence-electron chi connectivity index (χ0n) is 10.8. The Kier molecular flexibility index (Phi) is 11.6. The molecule has 0 amide bonds. The number of carbonyl (C=O) groups excluding carboxylic acids is 1. The van der Waals surface area contributed by atoms with Crippen LogP contribution in [0.2, 0.25) is 0 Å². The van der Waals surface area contributed by atoms with E-state index in [1.165, 1.54) is 6.08 Å². The lowest BCUT2D eigenvalue weighted by Gasteiger charge is -1.97. The maximum absolute atomic E-state index is 10.5. The first-order valence-corrected chi connectivity index (χ1v) is 5.32. The molecule has 0 aromatic rings. The standard InChI is InChI=1S/2C7H10O2/c1-4-5-9-7(8)6(2)3;1-3-4-5-6(2)7(8)9/h4H,1-2,5H2,3H3;3H,1-2,4-5H2,(H,8,9). The van der Waals surface area contributed by atoms with Crippen molar-refractivity contribution in [3.05, 3.63) is 49.6 Å². The summed E-state index contributed by atoms with van der Waals surface area (Å²) in [7, 11) is 0. The normalized spacial score (nSPS) is 8.28. The number of hydrogen-bond acceptors (Lipinski definition) is 3. The van der Waals surface area contributed by atoms with Crippen molar-refractivity contribution in [1.29, 1.82) is 0 Å². The molecule has 100 valence electrons. The first kappa shape index (κ1) is 18.3. The van der Waals surface area contributed by atoms with Gasteiger partial charge in [-0.3, -0.25) is 0 Å². The molecule has 0 saturated carbocycles. The molecule has 0 aromatic carbocycles. The second kappa shape index (κ2) is 11.4. The molecule has 0 atom stereocenters. The highest BCUT2D eigenvalue weighted by molar-refractivity contribution is 5.87. The molecule has 18 heavy (non-hydrogen) atoms. The van der Waals surface area contributed by atoms with E-state index >= 15 is 0 Å². The van der Waals surface area contributed by atoms with Gasteiger partial charge in [0.2, 0.25) is 0 Å². The van der Waals surface area contributed by atoms with Crippen molar-refractivity contribution in [2.45, 2.75) is 19.8 Å². The van der Waals surface area contributed by atoms with Gasteiger partial charge in [0, 0.05) is 11.1 Å². The molecular weight excluding hydrogens is 232 g/mol. The fraction of sp³-hybridized carbons (Fsp3) is 0.286. The molecular formula is C14H20O4. The third-order valence-electron chi connectivity index (χ3n) is 1.63. The molecule has 0 fully saturated rings. The van der Waals surface area contributed by atoms with Crippen LogP contribution >= 0.6 is 0 Å². The van der Waals surface area contributed by atoms with E-state index < -0.39 is 5.97 Å². The van der Waals surface area contributed by atoms with Crippen LogP contribution in [0.25, 0.3) is 0 Å². The van der Waals surface area contributed by atoms with Crippen LogP contribution in [0.3, 0.4) is 0 Å². The smallest absolute Gasteiger partial charge is 0.333 e. The van der Waals surface area contributed by atoms with E-state index in [2.05, 4.69) is 31.1 Å². The Morgan fingerprint density at radius 2 is 1.78 bits per heavy atom. The fourth-order valence-corrected chi connectivity index (χ4v) is 0.641. The summed E-state index contributed by atoms with van der Waals surface area (Å²) in [5, 5.41) is 8.27. The molecule has 0 rings (SSSR count). The lowest BCUT2D eigenvalue weighted by Crippen LogP contribution is -2.03. The minimum absolute atomic E-state index is 0.245. The van der Waals surface area contributed by atoms with Crippen molar-refractivity contribution in [3.8, 4) is 0 Å². The number of allylic oxidation sites excluding steroid dienone is 1. The maximum Gasteiger partial charge on any atom is 0.333 e. The highest BCUT2D eigenvalue weighted by atomic mass is 16.5. The van der Waals surface area contributed by atoms with E-state index in [0.29, 0.717) is 18.4 Å². The zero-order valence-corrected chi connectivity index (χ0v) is 10.8. The van der Waals surface area contributed by atoms with Gasteiger partial charge >= 0.3 is 11.9 Å². The van der Waals surface area contributed by atoms with Crippen molar-refractivity contribution in [2.75, 3.05) is 6.61 Å². The fourth-order valence-electron chi connectivity index (χ4n) is 0.641. The average Bonchev–Trinajstić information content (AvgIpc) is 2.33. The number of rotatable bonds is 7. The van der Waals surface area contributed by atoms with E-state index in [9.17, 15) is 9.59 Å². The lowest BCUT2D eigenvalue weighted by atomic mass is 10.2. The predicted molar refractivity (Wildman–Crippen MR) is 72.2 cm³/mol. The van der Waals surface area contributed by atoms with Crippen molar-refractivity contribution >= 4 is 11.9 Å². The lowest BCUT2D eigenvalue weighted by molar-refractivity contribution is -0.137. The van der Waals surface area contributed by atoms with Crippen LogP contribution in [0.4, 0.5) is 0 Å². The third-order valence-corrected chi connectivity index (χ3v) is 1.63. The van der Waals surface area contributed by atoms with Crippen LogP contribution in [0.5, 0.6) is 0 Å². The molecule has 0 radical (unpaired) electrons. The van der Waals surface area contributed by atoms with Gasteiger partial charge in [0.1, 0.15) is 6.61 Å². The predicted octanol–water partition coefficient (Wildman–Crippen LogP) is 2.89. The van der Waals surface area contributed by atoms with E-state index in [4.69, 9.17) is 5.11 Å². The number of ether oxygens (including phenoxy) is 1. The van der Waals surface area contributed by atoms with Crippen LogP contribution in [0, 0.1) is 0 Å². The van der Waals surface area contributed by atoms with Crippen molar-refractivity contribution in [1.82, 2.24) is 0 Å². The SMILES string of the molecule is C=CCCC(=C)C(=O)O.C=CCOC(=O)C(=C)C. The Bertz CT molecular complexity index is 306. The number of esters is 1. The summed E-state index contributed by atoms with van der Waals surface area (Å²) in [5.74, 6) is -1.29. The molecule has 1 N–H and O–H groups in total. The largest absolute Gasteiger partial charge is 0.478 e. The van der Waals surface area contributed by atoms with Gasteiger partial charge in [-0.05, 0) is 19.8 Å². The van der Waals surface area contributed by atoms with Crippen molar-refractivity contribution < 1.29 is 19.4 Å². The summed E-state index contributed by atoms with van der Waals surface area (Å²) in [6.45, 7) is 15.4. The van der Waals surface area contributed by atoms with E-state index in [0.717, 1.165) is 0 Å². The molecule has 0 bridgehead atoms. The minimum atomic E-state index is -0.920. The molecule has 4 nitrogen and oxygen atoms in total. The molecule has 0 unspecified atom stereocenters. The summed E-state index contributed by atoms with van der Waals surface area (Å²) in [5.41, 5.74) is 0.659. The third kappa shape index (κ3) is 12.0. The van der Waals surface area contributed by atoms with E-state index in [1.54, 1.807) is 13.0 Å². The van der Waals surface area contributed by atoms with Gasteiger partial charge in [-0.2, -0.15) is 0 Å². The summed E-state index contributed by atoms with van der Waals surface area (Å²) in [6.07, 6.45) is 4.37. The number of aliphatic carboxylic acids is 1. The molecule has 0 spiro atoms. The summed E-state index contributed by atoms with van der Waals surface area (Å²) >= 11 is 0. The average molecular weight is 252 g/mol. The quantitative estimate of drug-likeness (QED) is 0.430. The highest BCUT2D eigenvalue weighted by Gasteiger charge is 2.00. The van der Waals surface area contributed by atoms with E-state index in [-0.39, 0.29) is 18.1 Å². The van der Waals surface area contributed by atoms with Gasteiger partial charge < -0.3 is 9.84 Å². The molecule has 0 aliphatic rings. The number of carbonyl (C=O) groups is 2. The molecule has 4 heteroatoms. The number of carboxylic acid groups (broad SMARTS) is 1. The highest BCUT2D eigenvalue weighted by Crippen LogP contribution is 2.01. The van der Waals surface area contributed by atoms with Crippen LogP contribution in [-0.2, 0) is 14.3 Å². The number of carboxylic acids is 1. The second-order valence-electron chi connectivity index (χ2n) is 3.40. The van der Waals surface area contributed by atoms with Crippen LogP contribution < -0.4 is 0 Å². The van der Waals surface area contributed by atoms with E-state index in [1.807, 2.05) is 0 Å². The van der Waals surface area contributed by atoms with Gasteiger partial charge in [0.25, 0.3) is 0 Å². The van der Waals surface area contributed by atoms with Gasteiger partial charge in [0.15, 0.2) is 0 Å². The Hall–Kier alpha value is -2.10. The molecule has 0 aromatic heterocycles. The molecule has 0 aliphatic carbocycles. The Balaban J connectivity index is 0. The van der Waals surface area contributed by atoms with Gasteiger partial charge in [-0.25, -0.2) is 9.59 Å². The summed E-state index contributed by atoms with van der Waals surface area (Å²) in [4.78, 5) is 20.6. The van der Waals surface area contributed by atoms with Gasteiger partial charge in [0.05, 0.1) is 0 Å². The second-order valence-corrected chi connectivity index (χ2v) is 3.40. The van der Waals surface area contributed by atoms with Crippen molar-refractivity contribution in [3.63, 3.8) is 0 Å². The Labute approximate surface area is 108 Å². The molecule has 0 aliphatic heterocycles. The first-order valence-electron chi connectivity index (χ1n) is 5.32. The van der Waals surface area contributed by atoms with Gasteiger partial charge in [-0.15, -0.1) is 6.58 Å². The zero-order chi connectivity index (χ0) is 14.6. The van der Waals surface area contributed by atoms with Crippen LogP contribution in [0.1, 0.15) is 19.8 Å². The molecule has 0 saturated heterocycles. The first-order chi connectivity index (χ1) is 8.36. The number of hydrogen-bond donors (Lipinski definition) is 1. The molecule has 0 heterocycles. The van der Waals surface area contributed by atoms with Crippen LogP contribution in [0.15, 0.2) is 49.6 Å². The maximum atomic E-state index is 10.5. The van der Waals surface area contributed by atoms with Gasteiger partial charge in [-0.1, -0.05) is 31.9 Å². The topological polar surface area (TPSA) is 63.6 Å². The van der Waals surface area contributed by atoms with Crippen LogP contribution in [-0.4, -0.2) is 23.7 Å². The Morgan fingerprint density at radius 1 is 1.22 bits per heavy atom. The summed E-state index contributed by atoms with van der Waals surface area (Å²) in [6, 6.07) is 0. The monoisotopic (exact) mass is 252 g/mol. The minimum Gasteiger partial charge on any atom is -0.478 e. The Morgan fingerprint density at radius 3 is 2.11 bits per heavy atom. The van der Waals surface area contributed by atoms with Crippen molar-refractivity contribution in [2.24, 2.45) is 0 Å². The summed E-state index contributed by atoms with van der Waals surface area (Å²) < 4.78 is 4.60.